The second kappa shape index (κ2) is 4.07. The maximum Gasteiger partial charge on any atom is 0.255 e. The lowest BCUT2D eigenvalue weighted by Crippen LogP contribution is -2.64. The number of benzene rings is 1. The number of halogens is 1. The van der Waals surface area contributed by atoms with E-state index in [2.05, 4.69) is 15.9 Å². The van der Waals surface area contributed by atoms with Gasteiger partial charge in [0.25, 0.3) is 5.91 Å². The molecule has 2 fully saturated rings. The minimum Gasteiger partial charge on any atom is -0.386 e. The SMILES string of the molecule is Cc1ccc(C(=O)N2CC(O)(C3CC3)C2)c(Br)c1. The van der Waals surface area contributed by atoms with Crippen molar-refractivity contribution in [3.63, 3.8) is 0 Å². The molecule has 96 valence electrons. The van der Waals surface area contributed by atoms with E-state index in [1.807, 2.05) is 25.1 Å². The van der Waals surface area contributed by atoms with Gasteiger partial charge in [0.15, 0.2) is 0 Å². The van der Waals surface area contributed by atoms with Crippen molar-refractivity contribution in [2.45, 2.75) is 25.4 Å². The van der Waals surface area contributed by atoms with Gasteiger partial charge in [0.2, 0.25) is 0 Å². The van der Waals surface area contributed by atoms with Gasteiger partial charge < -0.3 is 10.0 Å². The molecule has 2 aliphatic rings. The number of carbonyl (C=O) groups is 1. The van der Waals surface area contributed by atoms with Crippen LogP contribution in [0.15, 0.2) is 22.7 Å². The van der Waals surface area contributed by atoms with E-state index in [9.17, 15) is 9.90 Å². The third kappa shape index (κ3) is 1.97. The number of rotatable bonds is 2. The quantitative estimate of drug-likeness (QED) is 0.911. The van der Waals surface area contributed by atoms with Crippen LogP contribution in [0.5, 0.6) is 0 Å². The van der Waals surface area contributed by atoms with Crippen LogP contribution in [0.3, 0.4) is 0 Å². The Balaban J connectivity index is 1.72. The molecule has 1 amide bonds. The first-order valence-electron chi connectivity index (χ1n) is 6.27. The Hall–Kier alpha value is -0.870. The van der Waals surface area contributed by atoms with Crippen LogP contribution in [0.1, 0.15) is 28.8 Å². The lowest BCUT2D eigenvalue weighted by molar-refractivity contribution is -0.0958. The highest BCUT2D eigenvalue weighted by Crippen LogP contribution is 2.44. The summed E-state index contributed by atoms with van der Waals surface area (Å²) in [6.45, 7) is 2.96. The fourth-order valence-electron chi connectivity index (χ4n) is 2.60. The number of hydrogen-bond donors (Lipinski definition) is 1. The largest absolute Gasteiger partial charge is 0.386 e. The summed E-state index contributed by atoms with van der Waals surface area (Å²) in [4.78, 5) is 14.0. The fraction of sp³-hybridized carbons (Fsp3) is 0.500. The number of nitrogens with zero attached hydrogens (tertiary/aromatic N) is 1. The Kier molecular flexibility index (Phi) is 2.75. The van der Waals surface area contributed by atoms with Gasteiger partial charge in [-0.1, -0.05) is 6.07 Å². The number of aryl methyl sites for hydroxylation is 1. The molecular weight excluding hydrogens is 294 g/mol. The highest BCUT2D eigenvalue weighted by molar-refractivity contribution is 9.10. The molecule has 1 aliphatic carbocycles. The normalized spacial score (nSPS) is 21.6. The van der Waals surface area contributed by atoms with E-state index in [-0.39, 0.29) is 5.91 Å². The Morgan fingerprint density at radius 2 is 2.11 bits per heavy atom. The number of β-amino-alcohol motifs (C(OH)–C–C–N with tert-alkyl or cyclic N) is 1. The second-order valence-electron chi connectivity index (χ2n) is 5.52. The maximum atomic E-state index is 12.3. The number of hydrogen-bond acceptors (Lipinski definition) is 2. The Morgan fingerprint density at radius 3 is 2.67 bits per heavy atom. The summed E-state index contributed by atoms with van der Waals surface area (Å²) in [5, 5.41) is 10.2. The molecule has 0 aromatic heterocycles. The molecule has 0 unspecified atom stereocenters. The van der Waals surface area contributed by atoms with Gasteiger partial charge in [-0.2, -0.15) is 0 Å². The average Bonchev–Trinajstić information content (AvgIpc) is 3.08. The molecule has 3 nitrogen and oxygen atoms in total. The van der Waals surface area contributed by atoms with Gasteiger partial charge >= 0.3 is 0 Å². The molecule has 4 heteroatoms. The Labute approximate surface area is 115 Å². The standard InChI is InChI=1S/C14H16BrNO2/c1-9-2-5-11(12(15)6-9)13(17)16-7-14(18,8-16)10-3-4-10/h2,5-6,10,18H,3-4,7-8H2,1H3. The van der Waals surface area contributed by atoms with Crippen molar-refractivity contribution in [1.29, 1.82) is 0 Å². The smallest absolute Gasteiger partial charge is 0.255 e. The topological polar surface area (TPSA) is 40.5 Å². The zero-order valence-electron chi connectivity index (χ0n) is 10.3. The predicted octanol–water partition coefficient (Wildman–Crippen LogP) is 2.35. The zero-order chi connectivity index (χ0) is 12.9. The third-order valence-corrected chi connectivity index (χ3v) is 4.56. The van der Waals surface area contributed by atoms with Crippen molar-refractivity contribution < 1.29 is 9.90 Å². The van der Waals surface area contributed by atoms with Crippen molar-refractivity contribution in [3.05, 3.63) is 33.8 Å². The highest BCUT2D eigenvalue weighted by atomic mass is 79.9. The van der Waals surface area contributed by atoms with Crippen LogP contribution in [0.2, 0.25) is 0 Å². The molecular formula is C14H16BrNO2. The summed E-state index contributed by atoms with van der Waals surface area (Å²) in [6.07, 6.45) is 2.21. The van der Waals surface area contributed by atoms with Crippen molar-refractivity contribution in [2.75, 3.05) is 13.1 Å². The number of amides is 1. The van der Waals surface area contributed by atoms with Gasteiger partial charge in [-0.3, -0.25) is 4.79 Å². The van der Waals surface area contributed by atoms with Gasteiger partial charge in [-0.15, -0.1) is 0 Å². The zero-order valence-corrected chi connectivity index (χ0v) is 11.9. The van der Waals surface area contributed by atoms with Gasteiger partial charge in [-0.25, -0.2) is 0 Å². The monoisotopic (exact) mass is 309 g/mol. The van der Waals surface area contributed by atoms with Gasteiger partial charge in [0.05, 0.1) is 18.7 Å². The molecule has 0 atom stereocenters. The van der Waals surface area contributed by atoms with E-state index in [4.69, 9.17) is 0 Å². The molecule has 3 rings (SSSR count). The van der Waals surface area contributed by atoms with Crippen LogP contribution in [-0.2, 0) is 0 Å². The molecule has 18 heavy (non-hydrogen) atoms. The van der Waals surface area contributed by atoms with Crippen molar-refractivity contribution in [1.82, 2.24) is 4.90 Å². The second-order valence-corrected chi connectivity index (χ2v) is 6.38. The van der Waals surface area contributed by atoms with Crippen LogP contribution in [0.25, 0.3) is 0 Å². The van der Waals surface area contributed by atoms with Crippen molar-refractivity contribution >= 4 is 21.8 Å². The summed E-state index contributed by atoms with van der Waals surface area (Å²) >= 11 is 3.43. The van der Waals surface area contributed by atoms with Gasteiger partial charge in [0, 0.05) is 4.47 Å². The molecule has 1 N–H and O–H groups in total. The molecule has 1 saturated heterocycles. The van der Waals surface area contributed by atoms with Crippen LogP contribution < -0.4 is 0 Å². The molecule has 1 aromatic rings. The molecule has 0 spiro atoms. The summed E-state index contributed by atoms with van der Waals surface area (Å²) in [6, 6.07) is 5.72. The first-order valence-corrected chi connectivity index (χ1v) is 7.07. The number of likely N-dealkylation sites (tertiary alicyclic amines) is 1. The highest BCUT2D eigenvalue weighted by Gasteiger charge is 2.53. The van der Waals surface area contributed by atoms with E-state index in [1.54, 1.807) is 4.90 Å². The van der Waals surface area contributed by atoms with E-state index < -0.39 is 5.60 Å². The predicted molar refractivity (Wildman–Crippen MR) is 72.5 cm³/mol. The van der Waals surface area contributed by atoms with Gasteiger partial charge in [-0.05, 0) is 59.3 Å². The average molecular weight is 310 g/mol. The summed E-state index contributed by atoms with van der Waals surface area (Å²) in [5.74, 6) is 0.426. The molecule has 1 aliphatic heterocycles. The first-order chi connectivity index (χ1) is 8.49. The molecule has 1 heterocycles. The van der Waals surface area contributed by atoms with Crippen LogP contribution >= 0.6 is 15.9 Å². The lowest BCUT2D eigenvalue weighted by Gasteiger charge is -2.47. The van der Waals surface area contributed by atoms with E-state index >= 15 is 0 Å². The van der Waals surface area contributed by atoms with Crippen molar-refractivity contribution in [2.24, 2.45) is 5.92 Å². The van der Waals surface area contributed by atoms with E-state index in [0.29, 0.717) is 24.6 Å². The first kappa shape index (κ1) is 12.2. The van der Waals surface area contributed by atoms with Gasteiger partial charge in [0.1, 0.15) is 5.60 Å². The molecule has 0 bridgehead atoms. The Morgan fingerprint density at radius 1 is 1.44 bits per heavy atom. The fourth-order valence-corrected chi connectivity index (χ4v) is 3.26. The molecule has 0 radical (unpaired) electrons. The third-order valence-electron chi connectivity index (χ3n) is 3.91. The van der Waals surface area contributed by atoms with Crippen LogP contribution in [-0.4, -0.2) is 34.6 Å². The summed E-state index contributed by atoms with van der Waals surface area (Å²) < 4.78 is 0.828. The van der Waals surface area contributed by atoms with Crippen LogP contribution in [0, 0.1) is 12.8 Å². The van der Waals surface area contributed by atoms with Crippen molar-refractivity contribution in [3.8, 4) is 0 Å². The minimum atomic E-state index is -0.604. The van der Waals surface area contributed by atoms with E-state index in [0.717, 1.165) is 22.9 Å². The summed E-state index contributed by atoms with van der Waals surface area (Å²) in [5.41, 5.74) is 1.20. The lowest BCUT2D eigenvalue weighted by atomic mass is 9.88. The van der Waals surface area contributed by atoms with E-state index in [1.165, 1.54) is 0 Å². The summed E-state index contributed by atoms with van der Waals surface area (Å²) in [7, 11) is 0. The Bertz CT molecular complexity index is 505. The maximum absolute atomic E-state index is 12.3. The minimum absolute atomic E-state index is 0.00667. The number of aliphatic hydroxyl groups is 1. The molecule has 1 saturated carbocycles. The van der Waals surface area contributed by atoms with Crippen LogP contribution in [0.4, 0.5) is 0 Å². The number of carbonyl (C=O) groups excluding carboxylic acids is 1. The molecule has 1 aromatic carbocycles.